The fourth-order valence-corrected chi connectivity index (χ4v) is 4.32. The molecule has 2 nitrogen and oxygen atoms in total. The number of hydrogen-bond donors (Lipinski definition) is 0. The zero-order chi connectivity index (χ0) is 20.2. The van der Waals surface area contributed by atoms with Gasteiger partial charge in [-0.1, -0.05) is 65.7 Å². The molecular weight excluding hydrogens is 383 g/mol. The van der Waals surface area contributed by atoms with Gasteiger partial charge < -0.3 is 0 Å². The second kappa shape index (κ2) is 9.08. The van der Waals surface area contributed by atoms with Crippen molar-refractivity contribution in [3.63, 3.8) is 0 Å². The first-order valence-electron chi connectivity index (χ1n) is 10.1. The lowest BCUT2D eigenvalue weighted by atomic mass is 10.0. The predicted molar refractivity (Wildman–Crippen MR) is 117 cm³/mol. The van der Waals surface area contributed by atoms with Crippen LogP contribution >= 0.6 is 11.6 Å². The Morgan fingerprint density at radius 3 is 2.03 bits per heavy atom. The molecule has 3 aromatic carbocycles. The average Bonchev–Trinajstić information content (AvgIpc) is 2.72. The fourth-order valence-electron chi connectivity index (χ4n) is 4.12. The van der Waals surface area contributed by atoms with E-state index in [9.17, 15) is 4.39 Å². The maximum absolute atomic E-state index is 13.3. The lowest BCUT2D eigenvalue weighted by Gasteiger charge is -2.44. The van der Waals surface area contributed by atoms with E-state index in [0.717, 1.165) is 43.2 Å². The van der Waals surface area contributed by atoms with Gasteiger partial charge in [0.2, 0.25) is 0 Å². The van der Waals surface area contributed by atoms with Gasteiger partial charge in [-0.25, -0.2) is 4.39 Å². The van der Waals surface area contributed by atoms with Crippen LogP contribution in [0.1, 0.15) is 34.8 Å². The molecule has 1 fully saturated rings. The maximum atomic E-state index is 13.3. The summed E-state index contributed by atoms with van der Waals surface area (Å²) in [6.45, 7) is 5.81. The monoisotopic (exact) mass is 408 g/mol. The van der Waals surface area contributed by atoms with Crippen molar-refractivity contribution in [1.82, 2.24) is 9.80 Å². The van der Waals surface area contributed by atoms with Crippen LogP contribution in [0.2, 0.25) is 5.02 Å². The van der Waals surface area contributed by atoms with E-state index in [0.29, 0.717) is 0 Å². The van der Waals surface area contributed by atoms with Gasteiger partial charge in [-0.05, 0) is 54.3 Å². The van der Waals surface area contributed by atoms with Crippen molar-refractivity contribution in [2.45, 2.75) is 32.6 Å². The fraction of sp³-hybridized carbons (Fsp3) is 0.280. The van der Waals surface area contributed by atoms with Gasteiger partial charge in [-0.15, -0.1) is 0 Å². The molecule has 0 bridgehead atoms. The third kappa shape index (κ3) is 5.05. The van der Waals surface area contributed by atoms with Gasteiger partial charge in [0, 0.05) is 31.2 Å². The number of rotatable bonds is 5. The topological polar surface area (TPSA) is 6.48 Å². The van der Waals surface area contributed by atoms with E-state index in [1.807, 2.05) is 24.3 Å². The molecule has 150 valence electrons. The van der Waals surface area contributed by atoms with Gasteiger partial charge in [0.15, 0.2) is 0 Å². The van der Waals surface area contributed by atoms with Crippen LogP contribution in [0, 0.1) is 12.7 Å². The SMILES string of the molecule is Cc1ccc(CN2CCCN(Cc3ccc(F)cc3)C2c2cccc(Cl)c2)cc1. The summed E-state index contributed by atoms with van der Waals surface area (Å²) in [6, 6.07) is 23.8. The molecule has 29 heavy (non-hydrogen) atoms. The van der Waals surface area contributed by atoms with Crippen molar-refractivity contribution in [2.75, 3.05) is 13.1 Å². The van der Waals surface area contributed by atoms with E-state index in [1.165, 1.54) is 28.8 Å². The second-order valence-electron chi connectivity index (χ2n) is 7.84. The van der Waals surface area contributed by atoms with E-state index >= 15 is 0 Å². The highest BCUT2D eigenvalue weighted by molar-refractivity contribution is 6.30. The Hall–Kier alpha value is -2.20. The number of halogens is 2. The van der Waals surface area contributed by atoms with Gasteiger partial charge in [0.05, 0.1) is 6.17 Å². The van der Waals surface area contributed by atoms with Crippen LogP contribution in [0.4, 0.5) is 4.39 Å². The van der Waals surface area contributed by atoms with E-state index < -0.39 is 0 Å². The number of benzene rings is 3. The molecule has 4 rings (SSSR count). The molecule has 0 saturated carbocycles. The Kier molecular flexibility index (Phi) is 6.29. The van der Waals surface area contributed by atoms with E-state index in [-0.39, 0.29) is 12.0 Å². The minimum atomic E-state index is -0.195. The first kappa shape index (κ1) is 20.1. The van der Waals surface area contributed by atoms with Crippen molar-refractivity contribution >= 4 is 11.6 Å². The Labute approximate surface area is 177 Å². The molecule has 0 N–H and O–H groups in total. The average molecular weight is 409 g/mol. The van der Waals surface area contributed by atoms with Crippen molar-refractivity contribution in [2.24, 2.45) is 0 Å². The Morgan fingerprint density at radius 2 is 1.45 bits per heavy atom. The van der Waals surface area contributed by atoms with Crippen molar-refractivity contribution in [3.8, 4) is 0 Å². The van der Waals surface area contributed by atoms with E-state index in [2.05, 4.69) is 53.1 Å². The van der Waals surface area contributed by atoms with Crippen molar-refractivity contribution in [1.29, 1.82) is 0 Å². The van der Waals surface area contributed by atoms with Crippen molar-refractivity contribution < 1.29 is 4.39 Å². The summed E-state index contributed by atoms with van der Waals surface area (Å²) in [6.07, 6.45) is 1.23. The summed E-state index contributed by atoms with van der Waals surface area (Å²) in [5.74, 6) is -0.195. The second-order valence-corrected chi connectivity index (χ2v) is 8.27. The largest absolute Gasteiger partial charge is 0.280 e. The summed E-state index contributed by atoms with van der Waals surface area (Å²) in [4.78, 5) is 4.99. The van der Waals surface area contributed by atoms with Crippen LogP contribution in [0.3, 0.4) is 0 Å². The summed E-state index contributed by atoms with van der Waals surface area (Å²) in [7, 11) is 0. The Morgan fingerprint density at radius 1 is 0.862 bits per heavy atom. The zero-order valence-electron chi connectivity index (χ0n) is 16.7. The molecule has 1 unspecified atom stereocenters. The maximum Gasteiger partial charge on any atom is 0.123 e. The van der Waals surface area contributed by atoms with E-state index in [4.69, 9.17) is 11.6 Å². The van der Waals surface area contributed by atoms with Crippen LogP contribution in [0.25, 0.3) is 0 Å². The number of aryl methyl sites for hydroxylation is 1. The van der Waals surface area contributed by atoms with Crippen LogP contribution < -0.4 is 0 Å². The van der Waals surface area contributed by atoms with Crippen LogP contribution in [-0.2, 0) is 13.1 Å². The molecule has 1 aliphatic rings. The highest BCUT2D eigenvalue weighted by Crippen LogP contribution is 2.33. The van der Waals surface area contributed by atoms with E-state index in [1.54, 1.807) is 0 Å². The normalized spacial score (nSPS) is 18.1. The van der Waals surface area contributed by atoms with Crippen LogP contribution in [-0.4, -0.2) is 22.9 Å². The number of nitrogens with zero attached hydrogens (tertiary/aromatic N) is 2. The molecule has 1 saturated heterocycles. The third-order valence-corrected chi connectivity index (χ3v) is 5.77. The molecule has 0 amide bonds. The Bertz CT molecular complexity index is 884. The Balaban J connectivity index is 1.63. The lowest BCUT2D eigenvalue weighted by Crippen LogP contribution is -2.46. The third-order valence-electron chi connectivity index (χ3n) is 5.53. The molecule has 1 heterocycles. The minimum Gasteiger partial charge on any atom is -0.280 e. The van der Waals surface area contributed by atoms with Gasteiger partial charge >= 0.3 is 0 Å². The molecule has 0 radical (unpaired) electrons. The summed E-state index contributed by atoms with van der Waals surface area (Å²) < 4.78 is 13.3. The molecule has 1 atom stereocenters. The van der Waals surface area contributed by atoms with Crippen LogP contribution in [0.5, 0.6) is 0 Å². The summed E-state index contributed by atoms with van der Waals surface area (Å²) >= 11 is 6.34. The van der Waals surface area contributed by atoms with Gasteiger partial charge in [-0.3, -0.25) is 9.80 Å². The smallest absolute Gasteiger partial charge is 0.123 e. The standard InChI is InChI=1S/C25H26ClFN2/c1-19-6-8-20(9-7-19)17-28-14-3-15-29(18-21-10-12-24(27)13-11-21)25(28)22-4-2-5-23(26)16-22/h2,4-13,16,25H,3,14-15,17-18H2,1H3. The quantitative estimate of drug-likeness (QED) is 0.496. The highest BCUT2D eigenvalue weighted by Gasteiger charge is 2.30. The van der Waals surface area contributed by atoms with Gasteiger partial charge in [0.25, 0.3) is 0 Å². The van der Waals surface area contributed by atoms with Crippen LogP contribution in [0.15, 0.2) is 72.8 Å². The predicted octanol–water partition coefficient (Wildman–Crippen LogP) is 6.19. The number of hydrogen-bond acceptors (Lipinski definition) is 2. The zero-order valence-corrected chi connectivity index (χ0v) is 17.4. The molecular formula is C25H26ClFN2. The van der Waals surface area contributed by atoms with Crippen molar-refractivity contribution in [3.05, 3.63) is 106 Å². The molecule has 0 aliphatic carbocycles. The molecule has 3 aromatic rings. The van der Waals surface area contributed by atoms with Gasteiger partial charge in [-0.2, -0.15) is 0 Å². The molecule has 1 aliphatic heterocycles. The highest BCUT2D eigenvalue weighted by atomic mass is 35.5. The first-order valence-corrected chi connectivity index (χ1v) is 10.5. The minimum absolute atomic E-state index is 0.133. The lowest BCUT2D eigenvalue weighted by molar-refractivity contribution is -0.00909. The first-order chi connectivity index (χ1) is 14.1. The molecule has 0 aromatic heterocycles. The summed E-state index contributed by atoms with van der Waals surface area (Å²) in [5.41, 5.74) is 4.91. The van der Waals surface area contributed by atoms with Gasteiger partial charge in [0.1, 0.15) is 5.82 Å². The molecule has 4 heteroatoms. The molecule has 0 spiro atoms. The summed E-state index contributed by atoms with van der Waals surface area (Å²) in [5, 5.41) is 0.755.